The number of hydrogen-bond acceptors (Lipinski definition) is 8. The Hall–Kier alpha value is -5.23. The van der Waals surface area contributed by atoms with Crippen LogP contribution >= 0.6 is 11.3 Å². The molecule has 0 fully saturated rings. The van der Waals surface area contributed by atoms with Crippen LogP contribution in [0.2, 0.25) is 0 Å². The Kier molecular flexibility index (Phi) is 5.69. The summed E-state index contributed by atoms with van der Waals surface area (Å²) in [7, 11) is 0. The average Bonchev–Trinajstić information content (AvgIpc) is 3.50. The molecule has 0 radical (unpaired) electrons. The third-order valence-corrected chi connectivity index (χ3v) is 6.64. The summed E-state index contributed by atoms with van der Waals surface area (Å²) in [4.78, 5) is 36.6. The highest BCUT2D eigenvalue weighted by Gasteiger charge is 2.16. The summed E-state index contributed by atoms with van der Waals surface area (Å²) in [5.41, 5.74) is 0.927. The molecule has 2 aromatic carbocycles. The van der Waals surface area contributed by atoms with Gasteiger partial charge in [0.1, 0.15) is 22.1 Å². The van der Waals surface area contributed by atoms with Crippen LogP contribution in [0, 0.1) is 6.92 Å². The molecule has 6 rings (SSSR count). The van der Waals surface area contributed by atoms with Gasteiger partial charge >= 0.3 is 6.03 Å². The molecule has 4 N–H and O–H groups in total. The topological polar surface area (TPSA) is 147 Å². The number of aromatic hydroxyl groups is 1. The number of fused-ring (bicyclic) bond motifs is 2. The predicted molar refractivity (Wildman–Crippen MR) is 145 cm³/mol. The molecule has 0 saturated carbocycles. The maximum Gasteiger partial charge on any atom is 0.324 e. The van der Waals surface area contributed by atoms with E-state index < -0.39 is 6.03 Å². The minimum atomic E-state index is -0.508. The van der Waals surface area contributed by atoms with Crippen LogP contribution in [0.15, 0.2) is 77.9 Å². The average molecular weight is 526 g/mol. The number of benzene rings is 2. The Labute approximate surface area is 218 Å². The van der Waals surface area contributed by atoms with E-state index in [4.69, 9.17) is 4.74 Å². The van der Waals surface area contributed by atoms with Crippen LogP contribution in [0.4, 0.5) is 16.3 Å². The molecular formula is C26H19N7O4S. The molecule has 0 spiro atoms. The number of aromatic nitrogens is 5. The van der Waals surface area contributed by atoms with Gasteiger partial charge in [0.25, 0.3) is 5.56 Å². The molecule has 0 atom stereocenters. The largest absolute Gasteiger partial charge is 0.492 e. The number of nitrogens with zero attached hydrogens (tertiary/aromatic N) is 4. The molecule has 2 amide bonds. The number of carbonyl (C=O) groups is 1. The van der Waals surface area contributed by atoms with E-state index in [1.807, 2.05) is 43.3 Å². The summed E-state index contributed by atoms with van der Waals surface area (Å²) in [6.07, 6.45) is 2.70. The molecule has 0 saturated heterocycles. The monoisotopic (exact) mass is 525 g/mol. The van der Waals surface area contributed by atoms with Gasteiger partial charge in [-0.05, 0) is 31.2 Å². The lowest BCUT2D eigenvalue weighted by Gasteiger charge is -2.14. The Bertz CT molecular complexity index is 1890. The summed E-state index contributed by atoms with van der Waals surface area (Å²) in [6, 6.07) is 17.3. The molecule has 12 heteroatoms. The van der Waals surface area contributed by atoms with Crippen LogP contribution < -0.4 is 20.9 Å². The maximum atomic E-state index is 13.0. The van der Waals surface area contributed by atoms with E-state index >= 15 is 0 Å². The number of thiophene rings is 1. The van der Waals surface area contributed by atoms with E-state index in [1.54, 1.807) is 18.2 Å². The van der Waals surface area contributed by atoms with Crippen molar-refractivity contribution in [3.63, 3.8) is 0 Å². The van der Waals surface area contributed by atoms with Crippen molar-refractivity contribution in [3.8, 4) is 22.4 Å². The lowest BCUT2D eigenvalue weighted by molar-refractivity contribution is 0.262. The summed E-state index contributed by atoms with van der Waals surface area (Å²) < 4.78 is 7.65. The van der Waals surface area contributed by atoms with E-state index in [9.17, 15) is 14.7 Å². The van der Waals surface area contributed by atoms with Crippen molar-refractivity contribution in [2.75, 3.05) is 10.6 Å². The Morgan fingerprint density at radius 2 is 1.87 bits per heavy atom. The Morgan fingerprint density at radius 1 is 1.03 bits per heavy atom. The molecular weight excluding hydrogens is 506 g/mol. The first kappa shape index (κ1) is 23.2. The van der Waals surface area contributed by atoms with E-state index in [0.717, 1.165) is 20.7 Å². The molecule has 0 unspecified atom stereocenters. The first-order chi connectivity index (χ1) is 18.4. The van der Waals surface area contributed by atoms with E-state index in [-0.39, 0.29) is 11.4 Å². The number of rotatable bonds is 5. The second-order valence-corrected chi connectivity index (χ2v) is 9.54. The second kappa shape index (κ2) is 9.33. The van der Waals surface area contributed by atoms with Crippen LogP contribution in [-0.4, -0.2) is 35.9 Å². The number of aryl methyl sites for hydroxylation is 1. The van der Waals surface area contributed by atoms with E-state index in [1.165, 1.54) is 34.5 Å². The van der Waals surface area contributed by atoms with Crippen LogP contribution in [-0.2, 0) is 0 Å². The molecule has 0 bridgehead atoms. The minimum absolute atomic E-state index is 0.208. The molecule has 188 valence electrons. The summed E-state index contributed by atoms with van der Waals surface area (Å²) >= 11 is 1.48. The van der Waals surface area contributed by atoms with Crippen molar-refractivity contribution in [2.45, 2.75) is 6.92 Å². The molecule has 38 heavy (non-hydrogen) atoms. The zero-order chi connectivity index (χ0) is 26.2. The quantitative estimate of drug-likeness (QED) is 0.243. The molecule has 11 nitrogen and oxygen atoms in total. The fourth-order valence-corrected chi connectivity index (χ4v) is 4.85. The highest BCUT2D eigenvalue weighted by Crippen LogP contribution is 2.36. The number of amides is 2. The first-order valence-electron chi connectivity index (χ1n) is 11.4. The van der Waals surface area contributed by atoms with Gasteiger partial charge in [0.15, 0.2) is 11.4 Å². The van der Waals surface area contributed by atoms with Crippen molar-refractivity contribution in [1.29, 1.82) is 0 Å². The van der Waals surface area contributed by atoms with Crippen molar-refractivity contribution in [2.24, 2.45) is 0 Å². The number of H-pyrrole nitrogens is 1. The Balaban J connectivity index is 1.29. The normalized spacial score (nSPS) is 11.1. The second-order valence-electron chi connectivity index (χ2n) is 8.28. The lowest BCUT2D eigenvalue weighted by Crippen LogP contribution is -2.21. The smallest absolute Gasteiger partial charge is 0.324 e. The summed E-state index contributed by atoms with van der Waals surface area (Å²) in [5, 5.41) is 21.9. The van der Waals surface area contributed by atoms with Gasteiger partial charge in [-0.2, -0.15) is 0 Å². The van der Waals surface area contributed by atoms with Crippen LogP contribution in [0.25, 0.3) is 26.9 Å². The van der Waals surface area contributed by atoms with Gasteiger partial charge in [0.05, 0.1) is 11.9 Å². The van der Waals surface area contributed by atoms with Gasteiger partial charge in [0.2, 0.25) is 5.88 Å². The molecule has 0 aliphatic carbocycles. The van der Waals surface area contributed by atoms with Gasteiger partial charge in [-0.25, -0.2) is 19.4 Å². The lowest BCUT2D eigenvalue weighted by atomic mass is 10.1. The molecule has 0 aliphatic rings. The number of anilines is 2. The number of hydrogen-bond donors (Lipinski definition) is 4. The van der Waals surface area contributed by atoms with Crippen LogP contribution in [0.1, 0.15) is 4.88 Å². The SMILES string of the molecule is Cc1ccc(-n2nc(O)cc2NC(=O)Nc2ccc(Oc3ccnc4[nH]c(=O)cnc34)c3ccccc23)s1. The number of carbonyl (C=O) groups excluding carboxylic acids is 1. The predicted octanol–water partition coefficient (Wildman–Crippen LogP) is 5.17. The van der Waals surface area contributed by atoms with Crippen molar-refractivity contribution in [3.05, 3.63) is 88.3 Å². The molecule has 0 aliphatic heterocycles. The van der Waals surface area contributed by atoms with E-state index in [0.29, 0.717) is 34.2 Å². The number of nitrogens with one attached hydrogen (secondary N) is 3. The summed E-state index contributed by atoms with van der Waals surface area (Å²) in [5.74, 6) is 1.07. The third kappa shape index (κ3) is 4.40. The first-order valence-corrected chi connectivity index (χ1v) is 12.2. The zero-order valence-electron chi connectivity index (χ0n) is 19.8. The Morgan fingerprint density at radius 3 is 2.68 bits per heavy atom. The van der Waals surface area contributed by atoms with Crippen LogP contribution in [0.3, 0.4) is 0 Å². The molecule has 4 aromatic heterocycles. The van der Waals surface area contributed by atoms with Crippen molar-refractivity contribution < 1.29 is 14.6 Å². The maximum absolute atomic E-state index is 13.0. The fraction of sp³-hybridized carbons (Fsp3) is 0.0385. The van der Waals surface area contributed by atoms with Crippen molar-refractivity contribution >= 4 is 50.8 Å². The van der Waals surface area contributed by atoms with Crippen molar-refractivity contribution in [1.82, 2.24) is 24.7 Å². The highest BCUT2D eigenvalue weighted by atomic mass is 32.1. The number of pyridine rings is 1. The summed E-state index contributed by atoms with van der Waals surface area (Å²) in [6.45, 7) is 1.96. The van der Waals surface area contributed by atoms with Gasteiger partial charge in [0, 0.05) is 34.0 Å². The molecule has 6 aromatic rings. The van der Waals surface area contributed by atoms with Gasteiger partial charge in [-0.3, -0.25) is 10.1 Å². The number of ether oxygens (including phenoxy) is 1. The van der Waals surface area contributed by atoms with Gasteiger partial charge in [-0.15, -0.1) is 16.4 Å². The van der Waals surface area contributed by atoms with E-state index in [2.05, 4.69) is 30.7 Å². The molecule has 4 heterocycles. The van der Waals surface area contributed by atoms with Gasteiger partial charge < -0.3 is 20.1 Å². The third-order valence-electron chi connectivity index (χ3n) is 5.66. The number of urea groups is 1. The minimum Gasteiger partial charge on any atom is -0.492 e. The highest BCUT2D eigenvalue weighted by molar-refractivity contribution is 7.14. The fourth-order valence-electron chi connectivity index (χ4n) is 4.03. The van der Waals surface area contributed by atoms with Gasteiger partial charge in [-0.1, -0.05) is 24.3 Å². The zero-order valence-corrected chi connectivity index (χ0v) is 20.6. The van der Waals surface area contributed by atoms with Crippen LogP contribution in [0.5, 0.6) is 17.4 Å². The number of aromatic amines is 1. The standard InChI is InChI=1S/C26H19N7O4S/c1-14-6-9-23(38-14)33-20(12-21(34)32-33)30-26(36)29-17-7-8-18(16-5-3-2-4-15(16)17)37-19-10-11-27-25-24(19)28-13-22(35)31-25/h2-13H,1H3,(H,32,34)(H,27,31,35)(H2,29,30,36).